The van der Waals surface area contributed by atoms with Gasteiger partial charge in [0.15, 0.2) is 5.78 Å². The van der Waals surface area contributed by atoms with Gasteiger partial charge in [0.05, 0.1) is 0 Å². The van der Waals surface area contributed by atoms with E-state index in [4.69, 9.17) is 5.11 Å². The second-order valence-electron chi connectivity index (χ2n) is 6.51. The minimum Gasteiger partial charge on any atom is -0.504 e. The van der Waals surface area contributed by atoms with E-state index in [1.807, 2.05) is 12.1 Å². The summed E-state index contributed by atoms with van der Waals surface area (Å²) in [7, 11) is -0.520. The molecule has 3 nitrogen and oxygen atoms in total. The zero-order valence-electron chi connectivity index (χ0n) is 17.0. The standard InChI is InChI=1S/C14H9F3O2.C8H18OS.Eu/c15-14(16,17)13(19)8-12(18)11-6-5-9-3-1-2-4-10(9)7-11;1-3-5-7-10(9)8-6-4-2;/h1-8,19H;3-8H2,1-2H3;. The topological polar surface area (TPSA) is 54.4 Å². The summed E-state index contributed by atoms with van der Waals surface area (Å²) in [5.41, 5.74) is 0.0921. The Morgan fingerprint density at radius 2 is 1.53 bits per heavy atom. The molecule has 0 aliphatic rings. The monoisotopic (exact) mass is 581 g/mol. The molecule has 2 aromatic carbocycles. The van der Waals surface area contributed by atoms with Crippen molar-refractivity contribution in [3.63, 3.8) is 0 Å². The van der Waals surface area contributed by atoms with Gasteiger partial charge in [-0.05, 0) is 29.7 Å². The Morgan fingerprint density at radius 3 is 2.03 bits per heavy atom. The van der Waals surface area contributed by atoms with Crippen LogP contribution in [0.3, 0.4) is 0 Å². The van der Waals surface area contributed by atoms with Gasteiger partial charge in [-0.15, -0.1) is 0 Å². The smallest absolute Gasteiger partial charge is 0.448 e. The van der Waals surface area contributed by atoms with Crippen LogP contribution in [0.4, 0.5) is 13.2 Å². The number of hydrogen-bond donors (Lipinski definition) is 1. The van der Waals surface area contributed by atoms with Crippen molar-refractivity contribution in [2.24, 2.45) is 0 Å². The summed E-state index contributed by atoms with van der Waals surface area (Å²) in [6, 6.07) is 11.7. The van der Waals surface area contributed by atoms with E-state index in [0.29, 0.717) is 0 Å². The number of rotatable bonds is 8. The number of carbonyl (C=O) groups excluding carboxylic acids is 1. The number of halogens is 3. The molecule has 0 aromatic heterocycles. The van der Waals surface area contributed by atoms with E-state index < -0.39 is 28.5 Å². The molecule has 0 fully saturated rings. The maximum atomic E-state index is 12.1. The van der Waals surface area contributed by atoms with Gasteiger partial charge in [0, 0.05) is 83.3 Å². The predicted octanol–water partition coefficient (Wildman–Crippen LogP) is 6.36. The number of carbonyl (C=O) groups is 1. The first-order valence-corrected chi connectivity index (χ1v) is 11.0. The third-order valence-corrected chi connectivity index (χ3v) is 5.53. The van der Waals surface area contributed by atoms with Crippen molar-refractivity contribution in [3.05, 3.63) is 59.9 Å². The summed E-state index contributed by atoms with van der Waals surface area (Å²) < 4.78 is 47.4. The summed E-state index contributed by atoms with van der Waals surface area (Å²) >= 11 is 0. The third kappa shape index (κ3) is 11.2. The van der Waals surface area contributed by atoms with Crippen LogP contribution in [0.1, 0.15) is 49.9 Å². The molecule has 0 spiro atoms. The van der Waals surface area contributed by atoms with E-state index in [2.05, 4.69) is 13.8 Å². The normalized spacial score (nSPS) is 11.6. The van der Waals surface area contributed by atoms with Crippen molar-refractivity contribution in [2.75, 3.05) is 11.5 Å². The molecule has 0 unspecified atom stereocenters. The SMILES string of the molecule is CCCCS(=O)CCCC.O=C(C=C(O)C(F)(F)F)c1ccc2ccccc2c1.[Eu]. The molecular formula is C22H27EuF3O3S. The molecule has 0 heterocycles. The summed E-state index contributed by atoms with van der Waals surface area (Å²) in [5.74, 6) is -0.960. The number of aliphatic hydroxyl groups excluding tert-OH is 1. The predicted molar refractivity (Wildman–Crippen MR) is 113 cm³/mol. The Bertz CT molecular complexity index is 841. The maximum absolute atomic E-state index is 12.1. The molecule has 8 heteroatoms. The molecule has 0 saturated carbocycles. The van der Waals surface area contributed by atoms with Crippen LogP contribution in [-0.4, -0.2) is 32.8 Å². The van der Waals surface area contributed by atoms with Crippen LogP contribution in [0.5, 0.6) is 0 Å². The van der Waals surface area contributed by atoms with Crippen LogP contribution >= 0.6 is 0 Å². The number of fused-ring (bicyclic) bond motifs is 1. The number of allylic oxidation sites excluding steroid dienone is 2. The second kappa shape index (κ2) is 15.3. The van der Waals surface area contributed by atoms with E-state index in [-0.39, 0.29) is 61.0 Å². The Hall–Kier alpha value is -0.566. The first-order chi connectivity index (χ1) is 13.7. The number of aliphatic hydroxyl groups is 1. The van der Waals surface area contributed by atoms with Crippen LogP contribution < -0.4 is 0 Å². The summed E-state index contributed by atoms with van der Waals surface area (Å²) in [4.78, 5) is 11.6. The molecule has 0 bridgehead atoms. The molecule has 2 rings (SSSR count). The van der Waals surface area contributed by atoms with Crippen LogP contribution in [0, 0.1) is 49.4 Å². The summed E-state index contributed by atoms with van der Waals surface area (Å²) in [6.45, 7) is 4.27. The fourth-order valence-electron chi connectivity index (χ4n) is 2.34. The second-order valence-corrected chi connectivity index (χ2v) is 8.20. The van der Waals surface area contributed by atoms with Gasteiger partial charge in [-0.3, -0.25) is 9.00 Å². The molecule has 1 radical (unpaired) electrons. The molecule has 2 aromatic rings. The van der Waals surface area contributed by atoms with Gasteiger partial charge in [0.1, 0.15) is 0 Å². The van der Waals surface area contributed by atoms with Crippen LogP contribution in [0.2, 0.25) is 0 Å². The molecule has 0 amide bonds. The summed E-state index contributed by atoms with van der Waals surface area (Å²) in [6.07, 6.45) is -0.154. The van der Waals surface area contributed by atoms with E-state index in [0.717, 1.165) is 48.0 Å². The van der Waals surface area contributed by atoms with Gasteiger partial charge in [0.2, 0.25) is 5.76 Å². The van der Waals surface area contributed by atoms with E-state index in [1.54, 1.807) is 18.2 Å². The maximum Gasteiger partial charge on any atom is 0.448 e. The minimum absolute atomic E-state index is 0. The van der Waals surface area contributed by atoms with Gasteiger partial charge in [-0.2, -0.15) is 13.2 Å². The van der Waals surface area contributed by atoms with Crippen molar-refractivity contribution in [2.45, 2.75) is 45.7 Å². The van der Waals surface area contributed by atoms with Gasteiger partial charge in [-0.25, -0.2) is 0 Å². The van der Waals surface area contributed by atoms with Gasteiger partial charge >= 0.3 is 6.18 Å². The van der Waals surface area contributed by atoms with Gasteiger partial charge in [0.25, 0.3) is 0 Å². The quantitative estimate of drug-likeness (QED) is 0.225. The molecule has 30 heavy (non-hydrogen) atoms. The number of unbranched alkanes of at least 4 members (excludes halogenated alkanes) is 2. The Balaban J connectivity index is 0.000000658. The van der Waals surface area contributed by atoms with Crippen molar-refractivity contribution >= 4 is 27.4 Å². The molecule has 0 atom stereocenters. The zero-order chi connectivity index (χ0) is 21.9. The largest absolute Gasteiger partial charge is 0.504 e. The van der Waals surface area contributed by atoms with Crippen LogP contribution in [-0.2, 0) is 10.8 Å². The van der Waals surface area contributed by atoms with Crippen molar-refractivity contribution in [1.29, 1.82) is 0 Å². The molecule has 0 saturated heterocycles. The Kier molecular flexibility index (Phi) is 15.0. The minimum atomic E-state index is -4.91. The first kappa shape index (κ1) is 29.4. The average molecular weight is 580 g/mol. The molecule has 0 aliphatic heterocycles. The summed E-state index contributed by atoms with van der Waals surface area (Å²) in [5, 5.41) is 10.4. The van der Waals surface area contributed by atoms with Crippen LogP contribution in [0.15, 0.2) is 54.3 Å². The molecule has 0 aliphatic carbocycles. The Labute approximate surface area is 219 Å². The zero-order valence-corrected chi connectivity index (χ0v) is 20.3. The van der Waals surface area contributed by atoms with Crippen molar-refractivity contribution in [1.82, 2.24) is 0 Å². The van der Waals surface area contributed by atoms with E-state index in [1.165, 1.54) is 12.1 Å². The molecular weight excluding hydrogens is 553 g/mol. The van der Waals surface area contributed by atoms with E-state index in [9.17, 15) is 22.2 Å². The van der Waals surface area contributed by atoms with Crippen molar-refractivity contribution in [3.8, 4) is 0 Å². The number of benzene rings is 2. The number of alkyl halides is 3. The average Bonchev–Trinajstić information content (AvgIpc) is 2.70. The number of hydrogen-bond acceptors (Lipinski definition) is 3. The molecule has 167 valence electrons. The van der Waals surface area contributed by atoms with Crippen molar-refractivity contribution < 1.29 is 76.7 Å². The fraction of sp³-hybridized carbons (Fsp3) is 0.409. The van der Waals surface area contributed by atoms with Gasteiger partial charge in [-0.1, -0.05) is 63.1 Å². The molecule has 1 N–H and O–H groups in total. The third-order valence-electron chi connectivity index (χ3n) is 4.04. The first-order valence-electron chi connectivity index (χ1n) is 9.55. The van der Waals surface area contributed by atoms with Gasteiger partial charge < -0.3 is 5.11 Å². The Morgan fingerprint density at radius 1 is 1.00 bits per heavy atom. The number of ketones is 1. The van der Waals surface area contributed by atoms with Crippen LogP contribution in [0.25, 0.3) is 10.8 Å². The van der Waals surface area contributed by atoms with E-state index >= 15 is 0 Å². The fourth-order valence-corrected chi connectivity index (χ4v) is 3.77.